The Bertz CT molecular complexity index is 1510. The summed E-state index contributed by atoms with van der Waals surface area (Å²) in [6, 6.07) is 3.57. The fourth-order valence-corrected chi connectivity index (χ4v) is 6.23. The first-order valence-electron chi connectivity index (χ1n) is 11.8. The number of amides is 1. The first-order chi connectivity index (χ1) is 17.8. The zero-order valence-corrected chi connectivity index (χ0v) is 23.2. The van der Waals surface area contributed by atoms with Crippen LogP contribution >= 0.6 is 11.3 Å². The predicted molar refractivity (Wildman–Crippen MR) is 137 cm³/mol. The first kappa shape index (κ1) is 27.8. The summed E-state index contributed by atoms with van der Waals surface area (Å²) in [7, 11) is 0.700. The molecular weight excluding hydrogens is 538 g/mol. The maximum Gasteiger partial charge on any atom is 0.291 e. The van der Waals surface area contributed by atoms with Crippen LogP contribution in [0.3, 0.4) is 0 Å². The fraction of sp³-hybridized carbons (Fsp3) is 0.522. The number of hydrogen-bond donors (Lipinski definition) is 0. The second-order valence-electron chi connectivity index (χ2n) is 9.60. The number of carbonyl (C=O) groups is 1. The third kappa shape index (κ3) is 4.95. The van der Waals surface area contributed by atoms with E-state index < -0.39 is 27.0 Å². The van der Waals surface area contributed by atoms with Gasteiger partial charge in [-0.05, 0) is 18.9 Å². The van der Waals surface area contributed by atoms with Crippen molar-refractivity contribution in [3.05, 3.63) is 23.5 Å². The van der Waals surface area contributed by atoms with E-state index in [2.05, 4.69) is 21.3 Å². The molecule has 38 heavy (non-hydrogen) atoms. The van der Waals surface area contributed by atoms with Crippen molar-refractivity contribution in [2.45, 2.75) is 43.5 Å². The van der Waals surface area contributed by atoms with Gasteiger partial charge < -0.3 is 9.80 Å². The molecule has 3 aromatic rings. The molecule has 1 fully saturated rings. The number of fused-ring (bicyclic) bond motifs is 1. The molecule has 1 aliphatic rings. The number of hydrogen-bond acceptors (Lipinski definition) is 9. The van der Waals surface area contributed by atoms with Crippen LogP contribution in [0.25, 0.3) is 16.3 Å². The summed E-state index contributed by atoms with van der Waals surface area (Å²) in [6.45, 7) is 4.35. The van der Waals surface area contributed by atoms with E-state index in [1.807, 2.05) is 13.8 Å². The molecule has 15 heteroatoms. The van der Waals surface area contributed by atoms with Crippen LogP contribution in [0.5, 0.6) is 0 Å². The van der Waals surface area contributed by atoms with Gasteiger partial charge in [0.25, 0.3) is 6.43 Å². The Morgan fingerprint density at radius 3 is 2.47 bits per heavy atom. The number of sulfonamides is 1. The van der Waals surface area contributed by atoms with Crippen molar-refractivity contribution in [1.82, 2.24) is 28.8 Å². The van der Waals surface area contributed by atoms with E-state index in [-0.39, 0.29) is 21.7 Å². The van der Waals surface area contributed by atoms with E-state index in [1.54, 1.807) is 23.9 Å². The number of rotatable bonds is 10. The molecular formula is C23H28F2N8O3S2. The molecule has 0 spiro atoms. The Morgan fingerprint density at radius 1 is 1.24 bits per heavy atom. The van der Waals surface area contributed by atoms with E-state index >= 15 is 0 Å². The summed E-state index contributed by atoms with van der Waals surface area (Å²) in [5, 5.41) is 16.7. The van der Waals surface area contributed by atoms with Gasteiger partial charge in [-0.15, -0.1) is 10.2 Å². The molecule has 11 nitrogen and oxygen atoms in total. The van der Waals surface area contributed by atoms with Gasteiger partial charge in [-0.3, -0.25) is 9.20 Å². The van der Waals surface area contributed by atoms with Crippen LogP contribution < -0.4 is 4.90 Å². The number of halogens is 2. The van der Waals surface area contributed by atoms with Crippen LogP contribution in [-0.2, 0) is 14.8 Å². The summed E-state index contributed by atoms with van der Waals surface area (Å²) in [5.41, 5.74) is 0.0177. The van der Waals surface area contributed by atoms with Gasteiger partial charge in [0.1, 0.15) is 16.1 Å². The molecule has 0 aliphatic heterocycles. The number of nitrogens with zero attached hydrogens (tertiary/aromatic N) is 8. The zero-order chi connectivity index (χ0) is 28.0. The SMILES string of the molecule is CC(C)C(=O)N(C)CCN(C)c1cc(S(=O)(=O)N(C)C2(C#N)CC2)cn2c(-c3nnc(C(F)F)s3)cnc12. The van der Waals surface area contributed by atoms with Crippen molar-refractivity contribution in [1.29, 1.82) is 5.26 Å². The van der Waals surface area contributed by atoms with Gasteiger partial charge >= 0.3 is 0 Å². The number of likely N-dealkylation sites (N-methyl/N-ethyl adjacent to an activating group) is 2. The predicted octanol–water partition coefficient (Wildman–Crippen LogP) is 3.02. The first-order valence-corrected chi connectivity index (χ1v) is 14.1. The van der Waals surface area contributed by atoms with Crippen molar-refractivity contribution in [3.8, 4) is 16.8 Å². The average molecular weight is 567 g/mol. The number of imidazole rings is 1. The zero-order valence-electron chi connectivity index (χ0n) is 21.6. The highest BCUT2D eigenvalue weighted by atomic mass is 32.2. The van der Waals surface area contributed by atoms with Gasteiger partial charge in [0, 0.05) is 46.3 Å². The van der Waals surface area contributed by atoms with Crippen LogP contribution in [0.1, 0.15) is 38.1 Å². The molecule has 0 atom stereocenters. The molecule has 1 aliphatic carbocycles. The van der Waals surface area contributed by atoms with Crippen LogP contribution in [-0.4, -0.2) is 82.9 Å². The van der Waals surface area contributed by atoms with Crippen molar-refractivity contribution in [2.24, 2.45) is 5.92 Å². The van der Waals surface area contributed by atoms with Crippen LogP contribution in [0.15, 0.2) is 23.4 Å². The van der Waals surface area contributed by atoms with Crippen molar-refractivity contribution in [2.75, 3.05) is 39.1 Å². The van der Waals surface area contributed by atoms with Crippen LogP contribution in [0.4, 0.5) is 14.5 Å². The largest absolute Gasteiger partial charge is 0.370 e. The molecule has 1 saturated carbocycles. The molecule has 0 radical (unpaired) electrons. The molecule has 0 N–H and O–H groups in total. The highest BCUT2D eigenvalue weighted by Gasteiger charge is 2.52. The normalized spacial score (nSPS) is 14.9. The number of pyridine rings is 1. The molecule has 0 bridgehead atoms. The number of anilines is 1. The van der Waals surface area contributed by atoms with Crippen molar-refractivity contribution < 1.29 is 22.0 Å². The lowest BCUT2D eigenvalue weighted by Gasteiger charge is -2.26. The van der Waals surface area contributed by atoms with Crippen LogP contribution in [0, 0.1) is 17.2 Å². The number of aromatic nitrogens is 4. The number of nitriles is 1. The minimum atomic E-state index is -4.12. The molecule has 0 unspecified atom stereocenters. The topological polar surface area (TPSA) is 128 Å². The highest BCUT2D eigenvalue weighted by Crippen LogP contribution is 2.43. The van der Waals surface area contributed by atoms with E-state index in [9.17, 15) is 27.3 Å². The summed E-state index contributed by atoms with van der Waals surface area (Å²) in [4.78, 5) is 20.0. The van der Waals surface area contributed by atoms with Crippen LogP contribution in [0.2, 0.25) is 0 Å². The summed E-state index contributed by atoms with van der Waals surface area (Å²) in [6.07, 6.45) is 0.850. The Kier molecular flexibility index (Phi) is 7.43. The minimum absolute atomic E-state index is 0.0260. The van der Waals surface area contributed by atoms with E-state index in [0.717, 1.165) is 4.31 Å². The lowest BCUT2D eigenvalue weighted by atomic mass is 10.2. The number of carbonyl (C=O) groups excluding carboxylic acids is 1. The summed E-state index contributed by atoms with van der Waals surface area (Å²) < 4.78 is 56.2. The quantitative estimate of drug-likeness (QED) is 0.366. The Morgan fingerprint density at radius 2 is 1.92 bits per heavy atom. The van der Waals surface area contributed by atoms with Crippen molar-refractivity contribution >= 4 is 38.6 Å². The maximum atomic E-state index is 13.6. The Balaban J connectivity index is 1.80. The second kappa shape index (κ2) is 10.2. The average Bonchev–Trinajstić information content (AvgIpc) is 3.31. The minimum Gasteiger partial charge on any atom is -0.370 e. The maximum absolute atomic E-state index is 13.6. The Hall–Kier alpha value is -3.22. The molecule has 3 aromatic heterocycles. The number of alkyl halides is 2. The highest BCUT2D eigenvalue weighted by molar-refractivity contribution is 7.89. The van der Waals surface area contributed by atoms with E-state index in [1.165, 1.54) is 29.9 Å². The van der Waals surface area contributed by atoms with E-state index in [0.29, 0.717) is 54.3 Å². The fourth-order valence-electron chi connectivity index (χ4n) is 4.03. The summed E-state index contributed by atoms with van der Waals surface area (Å²) in [5.74, 6) is -0.197. The molecule has 1 amide bonds. The third-order valence-electron chi connectivity index (χ3n) is 6.65. The monoisotopic (exact) mass is 566 g/mol. The second-order valence-corrected chi connectivity index (χ2v) is 12.6. The standard InChI is InChI=1S/C23H28F2N8O3S2/c1-14(2)22(34)31(4)9-8-30(3)16-10-15(38(35,36)32(5)23(13-26)6-7-23)12-33-17(11-27-19(16)33)20-28-29-21(37-20)18(24)25/h10-12,14,18H,6-9H2,1-5H3. The van der Waals surface area contributed by atoms with Gasteiger partial charge in [-0.1, -0.05) is 25.2 Å². The van der Waals surface area contributed by atoms with Gasteiger partial charge in [-0.2, -0.15) is 9.57 Å². The molecule has 4 rings (SSSR count). The molecule has 0 aromatic carbocycles. The molecule has 204 valence electrons. The molecule has 0 saturated heterocycles. The smallest absolute Gasteiger partial charge is 0.291 e. The third-order valence-corrected chi connectivity index (χ3v) is 9.50. The lowest BCUT2D eigenvalue weighted by Crippen LogP contribution is -2.38. The Labute approximate surface area is 223 Å². The van der Waals surface area contributed by atoms with Gasteiger partial charge in [0.2, 0.25) is 15.9 Å². The van der Waals surface area contributed by atoms with E-state index in [4.69, 9.17) is 0 Å². The van der Waals surface area contributed by atoms with Gasteiger partial charge in [0.05, 0.1) is 18.0 Å². The summed E-state index contributed by atoms with van der Waals surface area (Å²) >= 11 is 0.692. The molecule has 3 heterocycles. The van der Waals surface area contributed by atoms with Gasteiger partial charge in [-0.25, -0.2) is 22.2 Å². The lowest BCUT2D eigenvalue weighted by molar-refractivity contribution is -0.132. The van der Waals surface area contributed by atoms with Gasteiger partial charge in [0.15, 0.2) is 15.7 Å². The van der Waals surface area contributed by atoms with Crippen molar-refractivity contribution in [3.63, 3.8) is 0 Å².